The molecular weight excluding hydrogens is 368 g/mol. The molecule has 0 saturated carbocycles. The van der Waals surface area contributed by atoms with Crippen LogP contribution in [-0.2, 0) is 18.9 Å². The maximum atomic E-state index is 12.0. The van der Waals surface area contributed by atoms with Crippen molar-refractivity contribution in [2.75, 3.05) is 13.2 Å². The lowest BCUT2D eigenvalue weighted by molar-refractivity contribution is -0.0274. The Hall–Kier alpha value is -3.10. The van der Waals surface area contributed by atoms with Crippen molar-refractivity contribution in [1.29, 1.82) is 0 Å². The molecule has 2 aliphatic heterocycles. The summed E-state index contributed by atoms with van der Waals surface area (Å²) in [4.78, 5) is 23.9. The van der Waals surface area contributed by atoms with Crippen molar-refractivity contribution in [3.8, 4) is 11.5 Å². The van der Waals surface area contributed by atoms with Crippen molar-refractivity contribution in [3.63, 3.8) is 0 Å². The van der Waals surface area contributed by atoms with Gasteiger partial charge in [0, 0.05) is 0 Å². The number of carbonyl (C=O) groups is 2. The van der Waals surface area contributed by atoms with Gasteiger partial charge in [0.1, 0.15) is 23.7 Å². The molecule has 146 valence electrons. The largest absolute Gasteiger partial charge is 0.514 e. The lowest BCUT2D eigenvalue weighted by Crippen LogP contribution is -2.36. The van der Waals surface area contributed by atoms with Crippen LogP contribution in [0.2, 0.25) is 0 Å². The van der Waals surface area contributed by atoms with E-state index in [-0.39, 0.29) is 13.2 Å². The predicted molar refractivity (Wildman–Crippen MR) is 94.2 cm³/mol. The smallest absolute Gasteiger partial charge is 0.425 e. The number of hydrogen-bond donors (Lipinski definition) is 0. The summed E-state index contributed by atoms with van der Waals surface area (Å²) >= 11 is 0. The van der Waals surface area contributed by atoms with Crippen molar-refractivity contribution in [1.82, 2.24) is 0 Å². The molecule has 0 bridgehead atoms. The molecule has 2 aromatic rings. The van der Waals surface area contributed by atoms with Gasteiger partial charge >= 0.3 is 12.3 Å². The molecule has 8 nitrogen and oxygen atoms in total. The van der Waals surface area contributed by atoms with Crippen molar-refractivity contribution < 1.29 is 38.0 Å². The lowest BCUT2D eigenvalue weighted by Gasteiger charge is -2.17. The molecule has 0 amide bonds. The van der Waals surface area contributed by atoms with Crippen molar-refractivity contribution in [3.05, 3.63) is 60.7 Å². The molecule has 8 heteroatoms. The topological polar surface area (TPSA) is 89.5 Å². The molecule has 2 heterocycles. The van der Waals surface area contributed by atoms with Gasteiger partial charge in [-0.15, -0.1) is 0 Å². The third-order valence-corrected chi connectivity index (χ3v) is 4.35. The van der Waals surface area contributed by atoms with E-state index in [0.717, 1.165) is 0 Å². The van der Waals surface area contributed by atoms with Crippen molar-refractivity contribution >= 4 is 12.3 Å². The van der Waals surface area contributed by atoms with Crippen LogP contribution in [0.25, 0.3) is 0 Å². The van der Waals surface area contributed by atoms with Crippen LogP contribution in [0.15, 0.2) is 60.7 Å². The van der Waals surface area contributed by atoms with E-state index in [1.54, 1.807) is 48.5 Å². The molecule has 4 rings (SSSR count). The van der Waals surface area contributed by atoms with E-state index in [0.29, 0.717) is 11.5 Å². The number of para-hydroxylation sites is 2. The summed E-state index contributed by atoms with van der Waals surface area (Å²) in [5, 5.41) is 0. The molecule has 0 aliphatic carbocycles. The fraction of sp³-hybridized carbons (Fsp3) is 0.300. The van der Waals surface area contributed by atoms with Gasteiger partial charge in [0.05, 0.1) is 13.2 Å². The Morgan fingerprint density at radius 2 is 1.07 bits per heavy atom. The number of carbonyl (C=O) groups excluding carboxylic acids is 2. The monoisotopic (exact) mass is 386 g/mol. The molecular formula is C20H18O8. The van der Waals surface area contributed by atoms with Crippen LogP contribution in [0.1, 0.15) is 0 Å². The van der Waals surface area contributed by atoms with Gasteiger partial charge in [0.25, 0.3) is 0 Å². The first-order chi connectivity index (χ1) is 13.7. The highest BCUT2D eigenvalue weighted by Crippen LogP contribution is 2.31. The summed E-state index contributed by atoms with van der Waals surface area (Å²) in [6.45, 7) is 0.236. The minimum absolute atomic E-state index is 0.118. The van der Waals surface area contributed by atoms with Gasteiger partial charge in [-0.25, -0.2) is 9.59 Å². The van der Waals surface area contributed by atoms with Crippen LogP contribution in [-0.4, -0.2) is 49.9 Å². The van der Waals surface area contributed by atoms with Crippen LogP contribution in [0.5, 0.6) is 11.5 Å². The van der Waals surface area contributed by atoms with E-state index in [1.807, 2.05) is 12.1 Å². The second-order valence-corrected chi connectivity index (χ2v) is 6.24. The average Bonchev–Trinajstić information content (AvgIpc) is 3.27. The molecule has 0 radical (unpaired) electrons. The van der Waals surface area contributed by atoms with Gasteiger partial charge in [-0.3, -0.25) is 0 Å². The molecule has 2 saturated heterocycles. The molecule has 0 N–H and O–H groups in total. The van der Waals surface area contributed by atoms with Crippen molar-refractivity contribution in [2.24, 2.45) is 0 Å². The Morgan fingerprint density at radius 1 is 0.679 bits per heavy atom. The van der Waals surface area contributed by atoms with E-state index in [1.165, 1.54) is 0 Å². The van der Waals surface area contributed by atoms with Crippen LogP contribution >= 0.6 is 0 Å². The SMILES string of the molecule is O=C(Oc1ccccc1)OC1COC2C(OC(=O)Oc3ccccc3)COC12. The average molecular weight is 386 g/mol. The first-order valence-corrected chi connectivity index (χ1v) is 8.79. The lowest BCUT2D eigenvalue weighted by atomic mass is 10.1. The molecule has 2 aliphatic rings. The van der Waals surface area contributed by atoms with Gasteiger partial charge in [-0.1, -0.05) is 36.4 Å². The molecule has 4 atom stereocenters. The zero-order valence-corrected chi connectivity index (χ0v) is 14.8. The summed E-state index contributed by atoms with van der Waals surface area (Å²) in [5.74, 6) is 0.750. The normalized spacial score (nSPS) is 25.6. The second kappa shape index (κ2) is 8.28. The summed E-state index contributed by atoms with van der Waals surface area (Å²) in [6.07, 6.45) is -4.09. The number of benzene rings is 2. The first-order valence-electron chi connectivity index (χ1n) is 8.79. The van der Waals surface area contributed by atoms with Gasteiger partial charge in [-0.2, -0.15) is 0 Å². The molecule has 4 unspecified atom stereocenters. The summed E-state index contributed by atoms with van der Waals surface area (Å²) in [5.41, 5.74) is 0. The molecule has 0 spiro atoms. The Kier molecular flexibility index (Phi) is 5.41. The van der Waals surface area contributed by atoms with Crippen molar-refractivity contribution in [2.45, 2.75) is 24.4 Å². The maximum Gasteiger partial charge on any atom is 0.514 e. The number of fused-ring (bicyclic) bond motifs is 1. The van der Waals surface area contributed by atoms with Gasteiger partial charge < -0.3 is 28.4 Å². The highest BCUT2D eigenvalue weighted by molar-refractivity contribution is 5.64. The van der Waals surface area contributed by atoms with E-state index in [9.17, 15) is 9.59 Å². The minimum Gasteiger partial charge on any atom is -0.425 e. The van der Waals surface area contributed by atoms with Gasteiger partial charge in [0.2, 0.25) is 0 Å². The van der Waals surface area contributed by atoms with E-state index < -0.39 is 36.7 Å². The zero-order valence-electron chi connectivity index (χ0n) is 14.8. The summed E-state index contributed by atoms with van der Waals surface area (Å²) in [6, 6.07) is 17.2. The third kappa shape index (κ3) is 4.24. The van der Waals surface area contributed by atoms with E-state index in [2.05, 4.69) is 0 Å². The second-order valence-electron chi connectivity index (χ2n) is 6.24. The quantitative estimate of drug-likeness (QED) is 0.585. The first kappa shape index (κ1) is 18.3. The molecule has 0 aromatic heterocycles. The number of hydrogen-bond acceptors (Lipinski definition) is 8. The highest BCUT2D eigenvalue weighted by atomic mass is 16.8. The summed E-state index contributed by atoms with van der Waals surface area (Å²) < 4.78 is 32.0. The number of ether oxygens (including phenoxy) is 6. The Labute approximate surface area is 160 Å². The summed E-state index contributed by atoms with van der Waals surface area (Å²) in [7, 11) is 0. The predicted octanol–water partition coefficient (Wildman–Crippen LogP) is 2.95. The minimum atomic E-state index is -0.850. The van der Waals surface area contributed by atoms with Crippen LogP contribution in [0.3, 0.4) is 0 Å². The zero-order chi connectivity index (χ0) is 19.3. The Bertz CT molecular complexity index is 740. The molecule has 2 aromatic carbocycles. The van der Waals surface area contributed by atoms with Crippen LogP contribution < -0.4 is 9.47 Å². The maximum absolute atomic E-state index is 12.0. The standard InChI is InChI=1S/C20H18O8/c21-19(25-13-7-3-1-4-8-13)27-15-11-23-18-16(12-24-17(15)18)28-20(22)26-14-9-5-2-6-10-14/h1-10,15-18H,11-12H2. The Morgan fingerprint density at radius 3 is 1.46 bits per heavy atom. The fourth-order valence-corrected chi connectivity index (χ4v) is 3.10. The van der Waals surface area contributed by atoms with Gasteiger partial charge in [-0.05, 0) is 24.3 Å². The fourth-order valence-electron chi connectivity index (χ4n) is 3.10. The third-order valence-electron chi connectivity index (χ3n) is 4.35. The van der Waals surface area contributed by atoms with Crippen LogP contribution in [0, 0.1) is 0 Å². The van der Waals surface area contributed by atoms with E-state index >= 15 is 0 Å². The molecule has 28 heavy (non-hydrogen) atoms. The number of rotatable bonds is 4. The van der Waals surface area contributed by atoms with Crippen LogP contribution in [0.4, 0.5) is 9.59 Å². The van der Waals surface area contributed by atoms with Gasteiger partial charge in [0.15, 0.2) is 12.2 Å². The molecule has 2 fully saturated rings. The highest BCUT2D eigenvalue weighted by Gasteiger charge is 2.51. The Balaban J connectivity index is 1.28. The van der Waals surface area contributed by atoms with E-state index in [4.69, 9.17) is 28.4 Å².